The molecule has 0 aliphatic carbocycles. The summed E-state index contributed by atoms with van der Waals surface area (Å²) >= 11 is 0. The van der Waals surface area contributed by atoms with Crippen molar-refractivity contribution in [1.82, 2.24) is 15.5 Å². The van der Waals surface area contributed by atoms with E-state index in [2.05, 4.69) is 16.7 Å². The Balaban J connectivity index is 1.72. The summed E-state index contributed by atoms with van der Waals surface area (Å²) in [6.45, 7) is 6.69. The zero-order chi connectivity index (χ0) is 19.9. The minimum absolute atomic E-state index is 0.0861. The number of fused-ring (bicyclic) bond motifs is 3. The molecule has 2 aliphatic heterocycles. The van der Waals surface area contributed by atoms with Crippen LogP contribution in [0, 0.1) is 11.8 Å². The molecular weight excluding hydrogens is 354 g/mol. The molecule has 1 saturated heterocycles. The molecule has 0 aromatic heterocycles. The standard InChI is InChI=1S/C22H31N3O3/c1-16(2)24-21(26)12-17-9-10-25-15-19(17)7-5-11-28-20-8-4-3-6-18(20)13-23-14-22(25)27/h3-8,16-17,19,23H,9-15H2,1-2H3,(H,24,26)/b7-5-/t17-,19-/m0/s1. The highest BCUT2D eigenvalue weighted by Gasteiger charge is 2.31. The van der Waals surface area contributed by atoms with E-state index in [1.807, 2.05) is 49.1 Å². The largest absolute Gasteiger partial charge is 0.489 e. The van der Waals surface area contributed by atoms with Crippen LogP contribution in [0.4, 0.5) is 0 Å². The van der Waals surface area contributed by atoms with Crippen LogP contribution in [0.25, 0.3) is 0 Å². The van der Waals surface area contributed by atoms with Crippen LogP contribution in [0.15, 0.2) is 36.4 Å². The van der Waals surface area contributed by atoms with Gasteiger partial charge >= 0.3 is 0 Å². The Morgan fingerprint density at radius 1 is 1.32 bits per heavy atom. The molecule has 2 heterocycles. The van der Waals surface area contributed by atoms with Crippen molar-refractivity contribution in [2.45, 2.75) is 39.3 Å². The molecule has 2 bridgehead atoms. The molecular formula is C22H31N3O3. The van der Waals surface area contributed by atoms with Crippen LogP contribution in [0.1, 0.15) is 32.3 Å². The first-order valence-electron chi connectivity index (χ1n) is 10.2. The second kappa shape index (κ2) is 9.73. The lowest BCUT2D eigenvalue weighted by Crippen LogP contribution is -2.47. The van der Waals surface area contributed by atoms with E-state index in [0.29, 0.717) is 39.2 Å². The molecule has 0 radical (unpaired) electrons. The van der Waals surface area contributed by atoms with Crippen LogP contribution in [0.3, 0.4) is 0 Å². The highest BCUT2D eigenvalue weighted by Crippen LogP contribution is 2.28. The van der Waals surface area contributed by atoms with Gasteiger partial charge in [-0.3, -0.25) is 9.59 Å². The van der Waals surface area contributed by atoms with Gasteiger partial charge in [-0.2, -0.15) is 0 Å². The Morgan fingerprint density at radius 2 is 2.14 bits per heavy atom. The van der Waals surface area contributed by atoms with Crippen LogP contribution in [0.2, 0.25) is 0 Å². The minimum atomic E-state index is 0.0861. The van der Waals surface area contributed by atoms with E-state index in [0.717, 1.165) is 17.7 Å². The average Bonchev–Trinajstić information content (AvgIpc) is 2.66. The van der Waals surface area contributed by atoms with E-state index in [4.69, 9.17) is 4.74 Å². The Bertz CT molecular complexity index is 717. The Hall–Kier alpha value is -2.34. The number of hydrogen-bond donors (Lipinski definition) is 2. The highest BCUT2D eigenvalue weighted by atomic mass is 16.5. The number of nitrogens with zero attached hydrogens (tertiary/aromatic N) is 1. The van der Waals surface area contributed by atoms with E-state index in [1.165, 1.54) is 0 Å². The van der Waals surface area contributed by atoms with Crippen LogP contribution < -0.4 is 15.4 Å². The molecule has 1 aromatic rings. The predicted octanol–water partition coefficient (Wildman–Crippen LogP) is 2.10. The van der Waals surface area contributed by atoms with Crippen molar-refractivity contribution in [2.24, 2.45) is 11.8 Å². The number of para-hydroxylation sites is 1. The number of nitrogens with one attached hydrogen (secondary N) is 2. The van der Waals surface area contributed by atoms with Crippen LogP contribution in [-0.2, 0) is 16.1 Å². The van der Waals surface area contributed by atoms with Gasteiger partial charge in [-0.1, -0.05) is 30.4 Å². The Morgan fingerprint density at radius 3 is 2.96 bits per heavy atom. The molecule has 0 unspecified atom stereocenters. The summed E-state index contributed by atoms with van der Waals surface area (Å²) in [4.78, 5) is 26.8. The molecule has 2 amide bonds. The lowest BCUT2D eigenvalue weighted by molar-refractivity contribution is -0.132. The van der Waals surface area contributed by atoms with E-state index in [9.17, 15) is 9.59 Å². The second-order valence-corrected chi connectivity index (χ2v) is 7.93. The number of hydrogen-bond acceptors (Lipinski definition) is 4. The average molecular weight is 386 g/mol. The van der Waals surface area contributed by atoms with Crippen molar-refractivity contribution in [3.8, 4) is 5.75 Å². The summed E-state index contributed by atoms with van der Waals surface area (Å²) in [5.41, 5.74) is 1.05. The molecule has 6 heteroatoms. The first-order valence-corrected chi connectivity index (χ1v) is 10.2. The quantitative estimate of drug-likeness (QED) is 0.782. The molecule has 3 rings (SSSR count). The topological polar surface area (TPSA) is 70.7 Å². The summed E-state index contributed by atoms with van der Waals surface area (Å²) in [5, 5.41) is 6.22. The summed E-state index contributed by atoms with van der Waals surface area (Å²) in [5.74, 6) is 1.44. The first-order chi connectivity index (χ1) is 13.5. The molecule has 2 atom stereocenters. The normalized spacial score (nSPS) is 24.2. The van der Waals surface area contributed by atoms with Crippen molar-refractivity contribution < 1.29 is 14.3 Å². The van der Waals surface area contributed by atoms with E-state index < -0.39 is 0 Å². The van der Waals surface area contributed by atoms with E-state index >= 15 is 0 Å². The minimum Gasteiger partial charge on any atom is -0.489 e. The Labute approximate surface area is 167 Å². The number of ether oxygens (including phenoxy) is 1. The van der Waals surface area contributed by atoms with Crippen molar-refractivity contribution >= 4 is 11.8 Å². The summed E-state index contributed by atoms with van der Waals surface area (Å²) in [6.07, 6.45) is 5.49. The number of rotatable bonds is 3. The molecule has 1 fully saturated rings. The SMILES string of the molecule is CC(C)NC(=O)C[C@@H]1CCN2C[C@@H]1/C=C\COc1ccccc1CNCC2=O. The van der Waals surface area contributed by atoms with Crippen molar-refractivity contribution in [1.29, 1.82) is 0 Å². The van der Waals surface area contributed by atoms with Gasteiger partial charge in [-0.15, -0.1) is 0 Å². The maximum atomic E-state index is 12.6. The van der Waals surface area contributed by atoms with Gasteiger partial charge < -0.3 is 20.3 Å². The Kier molecular flexibility index (Phi) is 7.09. The van der Waals surface area contributed by atoms with Crippen molar-refractivity contribution in [2.75, 3.05) is 26.2 Å². The van der Waals surface area contributed by atoms with Gasteiger partial charge in [0.15, 0.2) is 0 Å². The van der Waals surface area contributed by atoms with Gasteiger partial charge in [0.25, 0.3) is 0 Å². The number of carbonyl (C=O) groups is 2. The fourth-order valence-corrected chi connectivity index (χ4v) is 3.92. The van der Waals surface area contributed by atoms with Gasteiger partial charge in [0.2, 0.25) is 11.8 Å². The highest BCUT2D eigenvalue weighted by molar-refractivity contribution is 5.79. The summed E-state index contributed by atoms with van der Waals surface area (Å²) in [6, 6.07) is 8.03. The summed E-state index contributed by atoms with van der Waals surface area (Å²) < 4.78 is 5.93. The van der Waals surface area contributed by atoms with Crippen LogP contribution in [-0.4, -0.2) is 49.0 Å². The lowest BCUT2D eigenvalue weighted by Gasteiger charge is -2.37. The maximum Gasteiger partial charge on any atom is 0.236 e. The number of carbonyl (C=O) groups excluding carboxylic acids is 2. The fraction of sp³-hybridized carbons (Fsp3) is 0.545. The van der Waals surface area contributed by atoms with Gasteiger partial charge in [-0.25, -0.2) is 0 Å². The fourth-order valence-electron chi connectivity index (χ4n) is 3.92. The maximum absolute atomic E-state index is 12.6. The van der Waals surface area contributed by atoms with Crippen LogP contribution in [0.5, 0.6) is 5.75 Å². The molecule has 2 N–H and O–H groups in total. The predicted molar refractivity (Wildman–Crippen MR) is 109 cm³/mol. The first kappa shape index (κ1) is 20.4. The van der Waals surface area contributed by atoms with Crippen molar-refractivity contribution in [3.05, 3.63) is 42.0 Å². The molecule has 2 aliphatic rings. The molecule has 152 valence electrons. The molecule has 1 aromatic carbocycles. The number of amides is 2. The molecule has 28 heavy (non-hydrogen) atoms. The van der Waals surface area contributed by atoms with Gasteiger partial charge in [-0.05, 0) is 38.2 Å². The number of piperidine rings is 1. The molecule has 0 saturated carbocycles. The summed E-state index contributed by atoms with van der Waals surface area (Å²) in [7, 11) is 0. The third kappa shape index (κ3) is 5.58. The van der Waals surface area contributed by atoms with E-state index in [-0.39, 0.29) is 29.7 Å². The third-order valence-electron chi connectivity index (χ3n) is 5.34. The smallest absolute Gasteiger partial charge is 0.236 e. The van der Waals surface area contributed by atoms with Gasteiger partial charge in [0.05, 0.1) is 6.54 Å². The van der Waals surface area contributed by atoms with Gasteiger partial charge in [0, 0.05) is 37.7 Å². The molecule has 0 spiro atoms. The lowest BCUT2D eigenvalue weighted by atomic mass is 9.82. The van der Waals surface area contributed by atoms with E-state index in [1.54, 1.807) is 0 Å². The van der Waals surface area contributed by atoms with Crippen LogP contribution >= 0.6 is 0 Å². The van der Waals surface area contributed by atoms with Gasteiger partial charge in [0.1, 0.15) is 12.4 Å². The number of benzene rings is 1. The molecule has 6 nitrogen and oxygen atoms in total. The monoisotopic (exact) mass is 385 g/mol. The zero-order valence-corrected chi connectivity index (χ0v) is 16.8. The second-order valence-electron chi connectivity index (χ2n) is 7.93. The zero-order valence-electron chi connectivity index (χ0n) is 16.8. The third-order valence-corrected chi connectivity index (χ3v) is 5.34. The van der Waals surface area contributed by atoms with Crippen molar-refractivity contribution in [3.63, 3.8) is 0 Å².